The van der Waals surface area contributed by atoms with Crippen molar-refractivity contribution in [3.8, 4) is 0 Å². The Hall–Kier alpha value is -1.91. The molecule has 0 aliphatic carbocycles. The molecule has 0 unspecified atom stereocenters. The van der Waals surface area contributed by atoms with Crippen LogP contribution in [0.15, 0.2) is 36.8 Å². The van der Waals surface area contributed by atoms with Gasteiger partial charge in [-0.1, -0.05) is 11.6 Å². The summed E-state index contributed by atoms with van der Waals surface area (Å²) in [6.07, 6.45) is 7.97. The van der Waals surface area contributed by atoms with E-state index in [0.29, 0.717) is 0 Å². The van der Waals surface area contributed by atoms with Crippen LogP contribution in [0.1, 0.15) is 17.0 Å². The van der Waals surface area contributed by atoms with Crippen molar-refractivity contribution in [2.45, 2.75) is 26.3 Å². The molecular weight excluding hydrogens is 308 g/mol. The third-order valence-electron chi connectivity index (χ3n) is 4.05. The number of aryl methyl sites for hydroxylation is 3. The van der Waals surface area contributed by atoms with Gasteiger partial charge in [0.1, 0.15) is 5.82 Å². The highest BCUT2D eigenvalue weighted by Crippen LogP contribution is 2.25. The quantitative estimate of drug-likeness (QED) is 0.754. The standard InChI is InChI=1S/C18H21ClN4/c1-13-21-10-14(11-22-13)6-8-23-12-15(5-7-20-2)17-9-16(19)3-4-18(17)23/h3-4,9-12,20H,5-8H2,1-2H3. The molecule has 0 saturated heterocycles. The van der Waals surface area contributed by atoms with E-state index in [1.54, 1.807) is 0 Å². The Labute approximate surface area is 141 Å². The molecule has 2 heterocycles. The Morgan fingerprint density at radius 2 is 1.96 bits per heavy atom. The lowest BCUT2D eigenvalue weighted by Gasteiger charge is -2.05. The largest absolute Gasteiger partial charge is 0.347 e. The van der Waals surface area contributed by atoms with Crippen LogP contribution in [0, 0.1) is 6.92 Å². The van der Waals surface area contributed by atoms with Crippen molar-refractivity contribution < 1.29 is 0 Å². The van der Waals surface area contributed by atoms with E-state index in [2.05, 4.69) is 38.2 Å². The van der Waals surface area contributed by atoms with Gasteiger partial charge in [-0.25, -0.2) is 9.97 Å². The van der Waals surface area contributed by atoms with Crippen LogP contribution in [-0.4, -0.2) is 28.1 Å². The smallest absolute Gasteiger partial charge is 0.125 e. The number of rotatable bonds is 6. The minimum atomic E-state index is 0.785. The summed E-state index contributed by atoms with van der Waals surface area (Å²) in [6.45, 7) is 3.77. The molecular formula is C18H21ClN4. The molecule has 23 heavy (non-hydrogen) atoms. The molecule has 0 amide bonds. The van der Waals surface area contributed by atoms with E-state index in [1.165, 1.54) is 16.5 Å². The molecule has 0 spiro atoms. The predicted molar refractivity (Wildman–Crippen MR) is 95.1 cm³/mol. The summed E-state index contributed by atoms with van der Waals surface area (Å²) in [5.74, 6) is 0.809. The molecule has 0 fully saturated rings. The Morgan fingerprint density at radius 1 is 1.17 bits per heavy atom. The number of benzene rings is 1. The summed E-state index contributed by atoms with van der Waals surface area (Å²) in [5.41, 5.74) is 3.72. The van der Waals surface area contributed by atoms with Gasteiger partial charge in [0.25, 0.3) is 0 Å². The number of hydrogen-bond donors (Lipinski definition) is 1. The fraction of sp³-hybridized carbons (Fsp3) is 0.333. The number of halogens is 1. The van der Waals surface area contributed by atoms with Gasteiger partial charge in [-0.15, -0.1) is 0 Å². The first-order valence-corrected chi connectivity index (χ1v) is 8.24. The topological polar surface area (TPSA) is 42.7 Å². The summed E-state index contributed by atoms with van der Waals surface area (Å²) in [4.78, 5) is 8.53. The minimum Gasteiger partial charge on any atom is -0.347 e. The third kappa shape index (κ3) is 3.71. The van der Waals surface area contributed by atoms with Crippen molar-refractivity contribution in [3.05, 3.63) is 58.8 Å². The van der Waals surface area contributed by atoms with Gasteiger partial charge in [-0.05, 0) is 62.7 Å². The molecule has 0 aliphatic rings. The predicted octanol–water partition coefficient (Wildman–Crippen LogP) is 3.40. The molecule has 0 bridgehead atoms. The van der Waals surface area contributed by atoms with Gasteiger partial charge in [0.15, 0.2) is 0 Å². The Kier molecular flexibility index (Phi) is 4.94. The first kappa shape index (κ1) is 16.0. The first-order valence-electron chi connectivity index (χ1n) is 7.87. The normalized spacial score (nSPS) is 11.3. The maximum atomic E-state index is 6.18. The fourth-order valence-electron chi connectivity index (χ4n) is 2.78. The van der Waals surface area contributed by atoms with Crippen LogP contribution in [0.3, 0.4) is 0 Å². The molecule has 4 nitrogen and oxygen atoms in total. The van der Waals surface area contributed by atoms with E-state index < -0.39 is 0 Å². The molecule has 0 saturated carbocycles. The van der Waals surface area contributed by atoms with E-state index >= 15 is 0 Å². The third-order valence-corrected chi connectivity index (χ3v) is 4.28. The molecule has 1 N–H and O–H groups in total. The van der Waals surface area contributed by atoms with Crippen LogP contribution in [0.25, 0.3) is 10.9 Å². The van der Waals surface area contributed by atoms with E-state index in [-0.39, 0.29) is 0 Å². The van der Waals surface area contributed by atoms with E-state index in [0.717, 1.165) is 42.3 Å². The number of aromatic nitrogens is 3. The van der Waals surface area contributed by atoms with Crippen LogP contribution < -0.4 is 5.32 Å². The van der Waals surface area contributed by atoms with Crippen molar-refractivity contribution in [2.24, 2.45) is 0 Å². The van der Waals surface area contributed by atoms with Crippen LogP contribution >= 0.6 is 11.6 Å². The number of fused-ring (bicyclic) bond motifs is 1. The molecule has 0 atom stereocenters. The zero-order chi connectivity index (χ0) is 16.2. The van der Waals surface area contributed by atoms with Crippen LogP contribution in [-0.2, 0) is 19.4 Å². The molecule has 0 radical (unpaired) electrons. The number of nitrogens with one attached hydrogen (secondary N) is 1. The molecule has 2 aromatic heterocycles. The summed E-state index contributed by atoms with van der Waals surface area (Å²) in [7, 11) is 1.98. The average Bonchev–Trinajstić information content (AvgIpc) is 2.89. The average molecular weight is 329 g/mol. The zero-order valence-corrected chi connectivity index (χ0v) is 14.3. The first-order chi connectivity index (χ1) is 11.2. The van der Waals surface area contributed by atoms with Crippen molar-refractivity contribution >= 4 is 22.5 Å². The van der Waals surface area contributed by atoms with E-state index in [9.17, 15) is 0 Å². The SMILES string of the molecule is CNCCc1cn(CCc2cnc(C)nc2)c2ccc(Cl)cc12. The van der Waals surface area contributed by atoms with Crippen molar-refractivity contribution in [3.63, 3.8) is 0 Å². The maximum Gasteiger partial charge on any atom is 0.125 e. The minimum absolute atomic E-state index is 0.785. The lowest BCUT2D eigenvalue weighted by Crippen LogP contribution is -2.10. The summed E-state index contributed by atoms with van der Waals surface area (Å²) in [6, 6.07) is 6.12. The molecule has 0 aliphatic heterocycles. The number of nitrogens with zero attached hydrogens (tertiary/aromatic N) is 3. The fourth-order valence-corrected chi connectivity index (χ4v) is 2.96. The number of likely N-dealkylation sites (N-methyl/N-ethyl adjacent to an activating group) is 1. The molecule has 3 aromatic rings. The molecule has 5 heteroatoms. The highest BCUT2D eigenvalue weighted by molar-refractivity contribution is 6.31. The van der Waals surface area contributed by atoms with Crippen LogP contribution in [0.4, 0.5) is 0 Å². The van der Waals surface area contributed by atoms with Crippen LogP contribution in [0.5, 0.6) is 0 Å². The van der Waals surface area contributed by atoms with Crippen molar-refractivity contribution in [1.29, 1.82) is 0 Å². The second kappa shape index (κ2) is 7.11. The van der Waals surface area contributed by atoms with Gasteiger partial charge in [-0.2, -0.15) is 0 Å². The van der Waals surface area contributed by atoms with Crippen LogP contribution in [0.2, 0.25) is 5.02 Å². The highest BCUT2D eigenvalue weighted by Gasteiger charge is 2.09. The Bertz CT molecular complexity index is 793. The second-order valence-corrected chi connectivity index (χ2v) is 6.19. The molecule has 1 aromatic carbocycles. The van der Waals surface area contributed by atoms with E-state index in [1.807, 2.05) is 32.4 Å². The van der Waals surface area contributed by atoms with Crippen molar-refractivity contribution in [2.75, 3.05) is 13.6 Å². The van der Waals surface area contributed by atoms with Crippen molar-refractivity contribution in [1.82, 2.24) is 19.9 Å². The van der Waals surface area contributed by atoms with Gasteiger partial charge >= 0.3 is 0 Å². The molecule has 3 rings (SSSR count). The monoisotopic (exact) mass is 328 g/mol. The lowest BCUT2D eigenvalue weighted by atomic mass is 10.1. The maximum absolute atomic E-state index is 6.18. The van der Waals surface area contributed by atoms with Gasteiger partial charge < -0.3 is 9.88 Å². The number of hydrogen-bond acceptors (Lipinski definition) is 3. The summed E-state index contributed by atoms with van der Waals surface area (Å²) < 4.78 is 2.30. The van der Waals surface area contributed by atoms with Gasteiger partial charge in [0.2, 0.25) is 0 Å². The van der Waals surface area contributed by atoms with Gasteiger partial charge in [0.05, 0.1) is 0 Å². The summed E-state index contributed by atoms with van der Waals surface area (Å²) in [5, 5.41) is 5.24. The zero-order valence-electron chi connectivity index (χ0n) is 13.5. The Balaban J connectivity index is 1.86. The lowest BCUT2D eigenvalue weighted by molar-refractivity contribution is 0.711. The second-order valence-electron chi connectivity index (χ2n) is 5.75. The van der Waals surface area contributed by atoms with E-state index in [4.69, 9.17) is 11.6 Å². The van der Waals surface area contributed by atoms with Gasteiger partial charge in [-0.3, -0.25) is 0 Å². The summed E-state index contributed by atoms with van der Waals surface area (Å²) >= 11 is 6.18. The molecule has 120 valence electrons. The Morgan fingerprint density at radius 3 is 2.70 bits per heavy atom. The van der Waals surface area contributed by atoms with Gasteiger partial charge in [0, 0.05) is 41.1 Å². The highest BCUT2D eigenvalue weighted by atomic mass is 35.5.